The van der Waals surface area contributed by atoms with Gasteiger partial charge in [0.05, 0.1) is 23.9 Å². The Bertz CT molecular complexity index is 711. The first-order chi connectivity index (χ1) is 9.25. The van der Waals surface area contributed by atoms with Crippen molar-refractivity contribution in [3.05, 3.63) is 60.2 Å². The van der Waals surface area contributed by atoms with E-state index in [1.807, 2.05) is 48.1 Å². The Labute approximate surface area is 110 Å². The van der Waals surface area contributed by atoms with E-state index in [9.17, 15) is 4.79 Å². The lowest BCUT2D eigenvalue weighted by Crippen LogP contribution is -2.23. The van der Waals surface area contributed by atoms with Gasteiger partial charge in [-0.3, -0.25) is 4.79 Å². The van der Waals surface area contributed by atoms with Crippen LogP contribution in [0.15, 0.2) is 53.3 Å². The Kier molecular flexibility index (Phi) is 2.83. The quantitative estimate of drug-likeness (QED) is 0.781. The Morgan fingerprint density at radius 1 is 1.26 bits per heavy atom. The lowest BCUT2D eigenvalue weighted by atomic mass is 10.1. The average Bonchev–Trinajstić information content (AvgIpc) is 3.06. The molecule has 1 amide bonds. The highest BCUT2D eigenvalue weighted by Gasteiger charge is 2.12. The van der Waals surface area contributed by atoms with Gasteiger partial charge >= 0.3 is 0 Å². The van der Waals surface area contributed by atoms with Gasteiger partial charge in [0.25, 0.3) is 5.91 Å². The number of fused-ring (bicyclic) bond motifs is 1. The summed E-state index contributed by atoms with van der Waals surface area (Å²) in [6, 6.07) is 11.4. The lowest BCUT2D eigenvalue weighted by Gasteiger charge is -2.06. The Hall–Kier alpha value is -2.49. The summed E-state index contributed by atoms with van der Waals surface area (Å²) in [5.74, 6) is 0.649. The maximum atomic E-state index is 12.2. The molecule has 4 heteroatoms. The second-order valence-corrected chi connectivity index (χ2v) is 4.43. The maximum Gasteiger partial charge on any atom is 0.253 e. The molecule has 0 spiro atoms. The van der Waals surface area contributed by atoms with Gasteiger partial charge in [0, 0.05) is 18.6 Å². The number of nitrogens with zero attached hydrogens (tertiary/aromatic N) is 1. The van der Waals surface area contributed by atoms with Gasteiger partial charge in [0.2, 0.25) is 0 Å². The lowest BCUT2D eigenvalue weighted by molar-refractivity contribution is 0.0949. The molecule has 0 aliphatic heterocycles. The maximum absolute atomic E-state index is 12.2. The molecule has 4 nitrogen and oxygen atoms in total. The number of hydrogen-bond donors (Lipinski definition) is 1. The Balaban J connectivity index is 1.87. The minimum Gasteiger partial charge on any atom is -0.467 e. The number of para-hydroxylation sites is 1. The number of aryl methyl sites for hydroxylation is 1. The van der Waals surface area contributed by atoms with Crippen molar-refractivity contribution >= 4 is 16.8 Å². The van der Waals surface area contributed by atoms with Crippen molar-refractivity contribution < 1.29 is 9.21 Å². The average molecular weight is 254 g/mol. The molecule has 1 N–H and O–H groups in total. The highest BCUT2D eigenvalue weighted by molar-refractivity contribution is 6.05. The molecular weight excluding hydrogens is 240 g/mol. The van der Waals surface area contributed by atoms with Crippen LogP contribution >= 0.6 is 0 Å². The highest BCUT2D eigenvalue weighted by Crippen LogP contribution is 2.19. The number of rotatable bonds is 3. The van der Waals surface area contributed by atoms with Crippen LogP contribution in [-0.4, -0.2) is 10.5 Å². The number of nitrogens with one attached hydrogen (secondary N) is 1. The standard InChI is InChI=1S/C15H14N2O2/c1-17-8-7-11-4-2-6-13(14(11)17)15(18)16-10-12-5-3-9-19-12/h2-9H,10H2,1H3,(H,16,18). The second-order valence-electron chi connectivity index (χ2n) is 4.43. The number of benzene rings is 1. The van der Waals surface area contributed by atoms with E-state index < -0.39 is 0 Å². The van der Waals surface area contributed by atoms with E-state index in [1.54, 1.807) is 12.3 Å². The van der Waals surface area contributed by atoms with Gasteiger partial charge in [0.1, 0.15) is 5.76 Å². The normalized spacial score (nSPS) is 10.8. The molecule has 0 aliphatic carbocycles. The van der Waals surface area contributed by atoms with E-state index in [0.717, 1.165) is 16.7 Å². The topological polar surface area (TPSA) is 47.2 Å². The third-order valence-corrected chi connectivity index (χ3v) is 3.15. The number of amides is 1. The van der Waals surface area contributed by atoms with Crippen LogP contribution in [0.5, 0.6) is 0 Å². The Morgan fingerprint density at radius 2 is 2.16 bits per heavy atom. The molecule has 0 radical (unpaired) electrons. The molecule has 0 bridgehead atoms. The predicted octanol–water partition coefficient (Wildman–Crippen LogP) is 2.70. The summed E-state index contributed by atoms with van der Waals surface area (Å²) < 4.78 is 7.15. The molecule has 0 aliphatic rings. The number of carbonyl (C=O) groups excluding carboxylic acids is 1. The summed E-state index contributed by atoms with van der Waals surface area (Å²) >= 11 is 0. The fourth-order valence-corrected chi connectivity index (χ4v) is 2.22. The Morgan fingerprint density at radius 3 is 2.95 bits per heavy atom. The van der Waals surface area contributed by atoms with Crippen LogP contribution in [0.4, 0.5) is 0 Å². The van der Waals surface area contributed by atoms with Crippen molar-refractivity contribution in [2.45, 2.75) is 6.54 Å². The monoisotopic (exact) mass is 254 g/mol. The number of aromatic nitrogens is 1. The first-order valence-electron chi connectivity index (χ1n) is 6.10. The minimum absolute atomic E-state index is 0.0937. The van der Waals surface area contributed by atoms with E-state index in [-0.39, 0.29) is 5.91 Å². The van der Waals surface area contributed by atoms with Gasteiger partial charge in [-0.15, -0.1) is 0 Å². The van der Waals surface area contributed by atoms with Gasteiger partial charge in [0.15, 0.2) is 0 Å². The fraction of sp³-hybridized carbons (Fsp3) is 0.133. The predicted molar refractivity (Wildman–Crippen MR) is 72.8 cm³/mol. The first kappa shape index (κ1) is 11.6. The molecule has 2 aromatic heterocycles. The van der Waals surface area contributed by atoms with Crippen LogP contribution in [0.3, 0.4) is 0 Å². The summed E-state index contributed by atoms with van der Waals surface area (Å²) in [5.41, 5.74) is 1.62. The summed E-state index contributed by atoms with van der Waals surface area (Å²) in [5, 5.41) is 3.93. The largest absolute Gasteiger partial charge is 0.467 e. The fourth-order valence-electron chi connectivity index (χ4n) is 2.22. The SMILES string of the molecule is Cn1ccc2cccc(C(=O)NCc3ccco3)c21. The summed E-state index contributed by atoms with van der Waals surface area (Å²) in [6.45, 7) is 0.395. The molecule has 0 saturated heterocycles. The van der Waals surface area contributed by atoms with E-state index in [4.69, 9.17) is 4.42 Å². The molecule has 0 atom stereocenters. The first-order valence-corrected chi connectivity index (χ1v) is 6.10. The zero-order chi connectivity index (χ0) is 13.2. The number of furan rings is 1. The van der Waals surface area contributed by atoms with Gasteiger partial charge in [-0.05, 0) is 24.3 Å². The van der Waals surface area contributed by atoms with Crippen LogP contribution in [0.1, 0.15) is 16.1 Å². The summed E-state index contributed by atoms with van der Waals surface area (Å²) in [4.78, 5) is 12.2. The molecule has 2 heterocycles. The third-order valence-electron chi connectivity index (χ3n) is 3.15. The summed E-state index contributed by atoms with van der Waals surface area (Å²) in [7, 11) is 1.94. The van der Waals surface area contributed by atoms with Gasteiger partial charge in [-0.2, -0.15) is 0 Å². The molecule has 1 aromatic carbocycles. The highest BCUT2D eigenvalue weighted by atomic mass is 16.3. The van der Waals surface area contributed by atoms with Crippen molar-refractivity contribution in [2.75, 3.05) is 0 Å². The molecule has 3 aromatic rings. The van der Waals surface area contributed by atoms with Crippen LogP contribution in [-0.2, 0) is 13.6 Å². The molecule has 96 valence electrons. The van der Waals surface area contributed by atoms with E-state index in [1.165, 1.54) is 0 Å². The number of carbonyl (C=O) groups is 1. The van der Waals surface area contributed by atoms with Crippen molar-refractivity contribution in [3.63, 3.8) is 0 Å². The van der Waals surface area contributed by atoms with Gasteiger partial charge < -0.3 is 14.3 Å². The zero-order valence-corrected chi connectivity index (χ0v) is 10.6. The molecule has 0 fully saturated rings. The van der Waals surface area contributed by atoms with Crippen molar-refractivity contribution in [1.29, 1.82) is 0 Å². The van der Waals surface area contributed by atoms with Crippen LogP contribution in [0.2, 0.25) is 0 Å². The van der Waals surface area contributed by atoms with Crippen LogP contribution in [0.25, 0.3) is 10.9 Å². The van der Waals surface area contributed by atoms with Crippen molar-refractivity contribution in [1.82, 2.24) is 9.88 Å². The van der Waals surface area contributed by atoms with E-state index >= 15 is 0 Å². The molecule has 3 rings (SSSR count). The third kappa shape index (κ3) is 2.12. The van der Waals surface area contributed by atoms with Crippen molar-refractivity contribution in [3.8, 4) is 0 Å². The summed E-state index contributed by atoms with van der Waals surface area (Å²) in [6.07, 6.45) is 3.55. The van der Waals surface area contributed by atoms with Gasteiger partial charge in [-0.25, -0.2) is 0 Å². The van der Waals surface area contributed by atoms with E-state index in [0.29, 0.717) is 12.1 Å². The molecule has 0 unspecified atom stereocenters. The van der Waals surface area contributed by atoms with Crippen LogP contribution in [0, 0.1) is 0 Å². The zero-order valence-electron chi connectivity index (χ0n) is 10.6. The molecule has 0 saturated carbocycles. The van der Waals surface area contributed by atoms with Crippen LogP contribution < -0.4 is 5.32 Å². The van der Waals surface area contributed by atoms with Gasteiger partial charge in [-0.1, -0.05) is 12.1 Å². The smallest absolute Gasteiger partial charge is 0.253 e. The number of hydrogen-bond acceptors (Lipinski definition) is 2. The molecule has 19 heavy (non-hydrogen) atoms. The minimum atomic E-state index is -0.0937. The molecular formula is C15H14N2O2. The second kappa shape index (κ2) is 4.65. The van der Waals surface area contributed by atoms with E-state index in [2.05, 4.69) is 5.32 Å². The van der Waals surface area contributed by atoms with Crippen molar-refractivity contribution in [2.24, 2.45) is 7.05 Å².